The van der Waals surface area contributed by atoms with Crippen LogP contribution in [-0.2, 0) is 11.2 Å². The second-order valence-electron chi connectivity index (χ2n) is 7.42. The monoisotopic (exact) mass is 456 g/mol. The number of thioether (sulfide) groups is 1. The van der Waals surface area contributed by atoms with Gasteiger partial charge in [0.15, 0.2) is 0 Å². The fraction of sp³-hybridized carbons (Fsp3) is 0.240. The number of anilines is 2. The quantitative estimate of drug-likeness (QED) is 0.486. The van der Waals surface area contributed by atoms with Crippen molar-refractivity contribution in [2.24, 2.45) is 0 Å². The molecular weight excluding hydrogens is 432 g/mol. The maximum absolute atomic E-state index is 12.9. The van der Waals surface area contributed by atoms with Crippen LogP contribution in [0, 0.1) is 29.6 Å². The third-order valence-corrected chi connectivity index (χ3v) is 6.50. The fourth-order valence-corrected chi connectivity index (χ4v) is 4.37. The molecule has 33 heavy (non-hydrogen) atoms. The van der Waals surface area contributed by atoms with Crippen molar-refractivity contribution in [1.82, 2.24) is 9.97 Å². The van der Waals surface area contributed by atoms with E-state index >= 15 is 0 Å². The molecule has 3 N–H and O–H groups in total. The van der Waals surface area contributed by atoms with E-state index in [0.717, 1.165) is 29.3 Å². The van der Waals surface area contributed by atoms with Gasteiger partial charge in [0.1, 0.15) is 34.4 Å². The predicted octanol–water partition coefficient (Wildman–Crippen LogP) is 4.85. The number of nitrogens with one attached hydrogen (secondary N) is 1. The number of nitrogens with zero attached hydrogens (tertiary/aromatic N) is 4. The van der Waals surface area contributed by atoms with Gasteiger partial charge in [0, 0.05) is 11.8 Å². The summed E-state index contributed by atoms with van der Waals surface area (Å²) in [5.74, 6) is 0.246. The molecule has 0 spiro atoms. The summed E-state index contributed by atoms with van der Waals surface area (Å²) in [5, 5.41) is 22.3. The van der Waals surface area contributed by atoms with Crippen LogP contribution in [0.25, 0.3) is 11.1 Å². The molecule has 0 aliphatic rings. The Kier molecular flexibility index (Phi) is 7.66. The highest BCUT2D eigenvalue weighted by Crippen LogP contribution is 2.37. The highest BCUT2D eigenvalue weighted by atomic mass is 32.2. The largest absolute Gasteiger partial charge is 0.383 e. The average molecular weight is 457 g/mol. The molecule has 1 amide bonds. The van der Waals surface area contributed by atoms with E-state index in [4.69, 9.17) is 5.73 Å². The third-order valence-electron chi connectivity index (χ3n) is 5.15. The molecule has 0 saturated carbocycles. The van der Waals surface area contributed by atoms with Crippen LogP contribution in [0.3, 0.4) is 0 Å². The number of amides is 1. The van der Waals surface area contributed by atoms with Gasteiger partial charge in [-0.15, -0.1) is 0 Å². The number of aryl methyl sites for hydroxylation is 2. The molecule has 3 rings (SSSR count). The number of nitrogens with two attached hydrogens (primary N) is 1. The van der Waals surface area contributed by atoms with E-state index in [-0.39, 0.29) is 22.9 Å². The van der Waals surface area contributed by atoms with Gasteiger partial charge < -0.3 is 11.1 Å². The SMILES string of the molecule is CCc1ccc(-c2c(C#N)c(N)nc(SC(CC)C(=O)Nc3cc(C)ccn3)c2C#N)cc1. The zero-order chi connectivity index (χ0) is 24.0. The van der Waals surface area contributed by atoms with Crippen molar-refractivity contribution >= 4 is 29.3 Å². The molecule has 0 aliphatic heterocycles. The van der Waals surface area contributed by atoms with Crippen molar-refractivity contribution in [3.05, 3.63) is 64.8 Å². The van der Waals surface area contributed by atoms with E-state index in [1.54, 1.807) is 12.3 Å². The number of rotatable bonds is 7. The Morgan fingerprint density at radius 1 is 1.15 bits per heavy atom. The van der Waals surface area contributed by atoms with Gasteiger partial charge in [-0.1, -0.05) is 49.9 Å². The molecule has 0 bridgehead atoms. The van der Waals surface area contributed by atoms with Crippen LogP contribution < -0.4 is 11.1 Å². The number of hydrogen-bond acceptors (Lipinski definition) is 7. The number of carbonyl (C=O) groups excluding carboxylic acids is 1. The Hall–Kier alpha value is -3.88. The van der Waals surface area contributed by atoms with Crippen molar-refractivity contribution < 1.29 is 4.79 Å². The fourth-order valence-electron chi connectivity index (χ4n) is 3.35. The number of nitrogen functional groups attached to an aromatic ring is 1. The summed E-state index contributed by atoms with van der Waals surface area (Å²) in [6.45, 7) is 5.85. The van der Waals surface area contributed by atoms with Crippen molar-refractivity contribution in [2.45, 2.75) is 43.9 Å². The minimum absolute atomic E-state index is 0.0316. The molecule has 8 heteroatoms. The van der Waals surface area contributed by atoms with E-state index in [9.17, 15) is 15.3 Å². The van der Waals surface area contributed by atoms with Crippen molar-refractivity contribution in [2.75, 3.05) is 11.1 Å². The maximum atomic E-state index is 12.9. The maximum Gasteiger partial charge on any atom is 0.239 e. The van der Waals surface area contributed by atoms with Crippen molar-refractivity contribution in [3.63, 3.8) is 0 Å². The zero-order valence-electron chi connectivity index (χ0n) is 18.7. The molecule has 1 unspecified atom stereocenters. The second-order valence-corrected chi connectivity index (χ2v) is 8.62. The van der Waals surface area contributed by atoms with Crippen LogP contribution in [0.1, 0.15) is 42.5 Å². The lowest BCUT2D eigenvalue weighted by atomic mass is 9.96. The minimum Gasteiger partial charge on any atom is -0.383 e. The molecule has 0 fully saturated rings. The van der Waals surface area contributed by atoms with Crippen molar-refractivity contribution in [3.8, 4) is 23.3 Å². The Labute approximate surface area is 197 Å². The Morgan fingerprint density at radius 3 is 2.42 bits per heavy atom. The first-order valence-corrected chi connectivity index (χ1v) is 11.4. The van der Waals surface area contributed by atoms with Gasteiger partial charge in [-0.05, 0) is 48.6 Å². The summed E-state index contributed by atoms with van der Waals surface area (Å²) in [6.07, 6.45) is 3.00. The first-order valence-electron chi connectivity index (χ1n) is 10.5. The molecule has 1 aromatic carbocycles. The standard InChI is InChI=1S/C25H24N6OS/c1-4-16-6-8-17(9-7-16)22-18(13-26)23(28)31-25(19(22)14-27)33-20(5-2)24(32)30-21-12-15(3)10-11-29-21/h6-12,20H,4-5H2,1-3H3,(H2,28,31)(H,29,30,32). The van der Waals surface area contributed by atoms with Crippen molar-refractivity contribution in [1.29, 1.82) is 10.5 Å². The van der Waals surface area contributed by atoms with Crippen LogP contribution in [0.15, 0.2) is 47.6 Å². The molecule has 1 atom stereocenters. The summed E-state index contributed by atoms with van der Waals surface area (Å²) in [4.78, 5) is 21.4. The summed E-state index contributed by atoms with van der Waals surface area (Å²) >= 11 is 1.16. The summed E-state index contributed by atoms with van der Waals surface area (Å²) in [7, 11) is 0. The van der Waals surface area contributed by atoms with E-state index < -0.39 is 5.25 Å². The molecule has 2 aromatic heterocycles. The zero-order valence-corrected chi connectivity index (χ0v) is 19.5. The third kappa shape index (κ3) is 5.31. The summed E-state index contributed by atoms with van der Waals surface area (Å²) in [5.41, 5.74) is 9.76. The van der Waals surface area contributed by atoms with Gasteiger partial charge in [0.05, 0.1) is 10.8 Å². The van der Waals surface area contributed by atoms with E-state index in [1.807, 2.05) is 44.2 Å². The van der Waals surface area contributed by atoms with E-state index in [2.05, 4.69) is 34.3 Å². The second kappa shape index (κ2) is 10.6. The topological polar surface area (TPSA) is 128 Å². The minimum atomic E-state index is -0.533. The van der Waals surface area contributed by atoms with Gasteiger partial charge in [-0.3, -0.25) is 4.79 Å². The van der Waals surface area contributed by atoms with Crippen LogP contribution >= 0.6 is 11.8 Å². The Bertz CT molecular complexity index is 1260. The van der Waals surface area contributed by atoms with Crippen LogP contribution in [0.2, 0.25) is 0 Å². The van der Waals surface area contributed by atoms with E-state index in [0.29, 0.717) is 28.4 Å². The van der Waals surface area contributed by atoms with Crippen LogP contribution in [0.5, 0.6) is 0 Å². The number of benzene rings is 1. The number of hydrogen-bond donors (Lipinski definition) is 2. The Balaban J connectivity index is 2.01. The first-order chi connectivity index (χ1) is 15.9. The average Bonchev–Trinajstić information content (AvgIpc) is 2.82. The molecule has 0 aliphatic carbocycles. The lowest BCUT2D eigenvalue weighted by molar-refractivity contribution is -0.115. The van der Waals surface area contributed by atoms with Gasteiger partial charge >= 0.3 is 0 Å². The first kappa shape index (κ1) is 23.8. The van der Waals surface area contributed by atoms with Gasteiger partial charge in [-0.2, -0.15) is 10.5 Å². The molecule has 3 aromatic rings. The number of carbonyl (C=O) groups is 1. The molecular formula is C25H24N6OS. The lowest BCUT2D eigenvalue weighted by Crippen LogP contribution is -2.25. The number of pyridine rings is 2. The molecule has 7 nitrogen and oxygen atoms in total. The molecule has 166 valence electrons. The molecule has 0 saturated heterocycles. The molecule has 0 radical (unpaired) electrons. The highest BCUT2D eigenvalue weighted by Gasteiger charge is 2.25. The van der Waals surface area contributed by atoms with E-state index in [1.165, 1.54) is 0 Å². The predicted molar refractivity (Wildman–Crippen MR) is 130 cm³/mol. The normalized spacial score (nSPS) is 11.3. The van der Waals surface area contributed by atoms with Crippen LogP contribution in [0.4, 0.5) is 11.6 Å². The molecule has 2 heterocycles. The van der Waals surface area contributed by atoms with Gasteiger partial charge in [0.25, 0.3) is 0 Å². The number of nitriles is 2. The summed E-state index contributed by atoms with van der Waals surface area (Å²) in [6, 6.07) is 15.6. The smallest absolute Gasteiger partial charge is 0.239 e. The lowest BCUT2D eigenvalue weighted by Gasteiger charge is -2.17. The highest BCUT2D eigenvalue weighted by molar-refractivity contribution is 8.00. The van der Waals surface area contributed by atoms with Gasteiger partial charge in [0.2, 0.25) is 5.91 Å². The van der Waals surface area contributed by atoms with Crippen LogP contribution in [-0.4, -0.2) is 21.1 Å². The summed E-state index contributed by atoms with van der Waals surface area (Å²) < 4.78 is 0. The number of aromatic nitrogens is 2. The Morgan fingerprint density at radius 2 is 1.85 bits per heavy atom. The van der Waals surface area contributed by atoms with Gasteiger partial charge in [-0.25, -0.2) is 9.97 Å².